The molecule has 4 atom stereocenters. The second-order valence-electron chi connectivity index (χ2n) is 7.37. The molecule has 2 N–H and O–H groups in total. The van der Waals surface area contributed by atoms with E-state index in [1.54, 1.807) is 0 Å². The van der Waals surface area contributed by atoms with Crippen LogP contribution in [0.15, 0.2) is 24.4 Å². The summed E-state index contributed by atoms with van der Waals surface area (Å²) in [7, 11) is 0. The van der Waals surface area contributed by atoms with Crippen LogP contribution in [0.5, 0.6) is 0 Å². The number of hydrogen-bond acceptors (Lipinski definition) is 3. The molecular weight excluding hydrogens is 306 g/mol. The molecule has 3 fully saturated rings. The third-order valence-electron chi connectivity index (χ3n) is 5.60. The van der Waals surface area contributed by atoms with Crippen molar-refractivity contribution in [3.05, 3.63) is 35.9 Å². The number of hydrogen-bond donors (Lipinski definition) is 2. The highest BCUT2D eigenvalue weighted by Gasteiger charge is 2.57. The van der Waals surface area contributed by atoms with Gasteiger partial charge in [-0.2, -0.15) is 0 Å². The van der Waals surface area contributed by atoms with E-state index >= 15 is 0 Å². The highest BCUT2D eigenvalue weighted by molar-refractivity contribution is 5.99. The normalized spacial score (nSPS) is 31.0. The number of carbonyl (C=O) groups excluding carboxylic acids is 1. The minimum Gasteiger partial charge on any atom is -0.481 e. The highest BCUT2D eigenvalue weighted by Crippen LogP contribution is 2.54. The van der Waals surface area contributed by atoms with Crippen LogP contribution in [0.4, 0.5) is 0 Å². The van der Waals surface area contributed by atoms with E-state index in [1.807, 2.05) is 28.8 Å². The summed E-state index contributed by atoms with van der Waals surface area (Å²) in [4.78, 5) is 28.3. The third-order valence-corrected chi connectivity index (χ3v) is 5.60. The van der Waals surface area contributed by atoms with Gasteiger partial charge in [-0.15, -0.1) is 0 Å². The molecule has 2 heterocycles. The number of rotatable bonds is 5. The molecule has 0 unspecified atom stereocenters. The van der Waals surface area contributed by atoms with E-state index in [0.717, 1.165) is 37.0 Å². The number of carboxylic acid groups (broad SMARTS) is 1. The molecule has 0 bridgehead atoms. The maximum atomic E-state index is 12.7. The van der Waals surface area contributed by atoms with Gasteiger partial charge >= 0.3 is 5.97 Å². The summed E-state index contributed by atoms with van der Waals surface area (Å²) in [6, 6.07) is 5.92. The minimum atomic E-state index is -0.703. The quantitative estimate of drug-likeness (QED) is 0.881. The monoisotopic (exact) mass is 325 g/mol. The number of carbonyl (C=O) groups is 2. The van der Waals surface area contributed by atoms with Gasteiger partial charge in [-0.3, -0.25) is 9.59 Å². The van der Waals surface area contributed by atoms with Gasteiger partial charge in [-0.1, -0.05) is 6.07 Å². The summed E-state index contributed by atoms with van der Waals surface area (Å²) in [6.45, 7) is 0. The van der Waals surface area contributed by atoms with Crippen molar-refractivity contribution in [3.63, 3.8) is 0 Å². The Labute approximate surface area is 138 Å². The van der Waals surface area contributed by atoms with Crippen LogP contribution in [0.2, 0.25) is 0 Å². The van der Waals surface area contributed by atoms with Crippen molar-refractivity contribution in [3.8, 4) is 0 Å². The van der Waals surface area contributed by atoms with Crippen LogP contribution in [-0.4, -0.2) is 32.4 Å². The number of imidazole rings is 1. The number of aromatic nitrogens is 2. The molecule has 3 saturated carbocycles. The number of pyridine rings is 1. The summed E-state index contributed by atoms with van der Waals surface area (Å²) in [5.41, 5.74) is 1.35. The number of amides is 1. The summed E-state index contributed by atoms with van der Waals surface area (Å²) in [5, 5.41) is 12.1. The molecule has 0 saturated heterocycles. The maximum absolute atomic E-state index is 12.7. The van der Waals surface area contributed by atoms with E-state index in [2.05, 4.69) is 10.3 Å². The van der Waals surface area contributed by atoms with Crippen LogP contribution in [0, 0.1) is 17.8 Å². The number of carboxylic acids is 1. The third kappa shape index (κ3) is 2.20. The van der Waals surface area contributed by atoms with E-state index in [1.165, 1.54) is 0 Å². The molecule has 6 heteroatoms. The minimum absolute atomic E-state index is 0.108. The van der Waals surface area contributed by atoms with Gasteiger partial charge in [-0.25, -0.2) is 4.98 Å². The predicted molar refractivity (Wildman–Crippen MR) is 85.8 cm³/mol. The van der Waals surface area contributed by atoms with Gasteiger partial charge in [-0.05, 0) is 49.7 Å². The van der Waals surface area contributed by atoms with Gasteiger partial charge in [0.15, 0.2) is 5.69 Å². The second-order valence-corrected chi connectivity index (χ2v) is 7.37. The fourth-order valence-electron chi connectivity index (χ4n) is 3.92. The largest absolute Gasteiger partial charge is 0.481 e. The highest BCUT2D eigenvalue weighted by atomic mass is 16.4. The molecule has 0 radical (unpaired) electrons. The van der Waals surface area contributed by atoms with Crippen molar-refractivity contribution in [2.24, 2.45) is 17.8 Å². The molecule has 0 aromatic carbocycles. The van der Waals surface area contributed by atoms with Crippen molar-refractivity contribution >= 4 is 17.4 Å². The lowest BCUT2D eigenvalue weighted by molar-refractivity contribution is -0.138. The second kappa shape index (κ2) is 4.82. The summed E-state index contributed by atoms with van der Waals surface area (Å²) < 4.78 is 2.03. The molecule has 3 aliphatic carbocycles. The molecule has 2 aromatic heterocycles. The predicted octanol–water partition coefficient (Wildman–Crippen LogP) is 2.05. The molecule has 0 spiro atoms. The Bertz CT molecular complexity index is 854. The average Bonchev–Trinajstić information content (AvgIpc) is 3.39. The van der Waals surface area contributed by atoms with E-state index in [-0.39, 0.29) is 23.8 Å². The number of fused-ring (bicyclic) bond motifs is 1. The average molecular weight is 325 g/mol. The van der Waals surface area contributed by atoms with Gasteiger partial charge < -0.3 is 14.8 Å². The first-order chi connectivity index (χ1) is 11.6. The molecule has 6 nitrogen and oxygen atoms in total. The maximum Gasteiger partial charge on any atom is 0.306 e. The Balaban J connectivity index is 1.33. The molecule has 2 aromatic rings. The molecule has 5 rings (SSSR count). The van der Waals surface area contributed by atoms with E-state index < -0.39 is 5.97 Å². The lowest BCUT2D eigenvalue weighted by Gasteiger charge is -2.03. The zero-order chi connectivity index (χ0) is 16.4. The van der Waals surface area contributed by atoms with Crippen LogP contribution in [0.1, 0.15) is 47.9 Å². The Morgan fingerprint density at radius 2 is 2.04 bits per heavy atom. The first kappa shape index (κ1) is 14.0. The Morgan fingerprint density at radius 1 is 1.21 bits per heavy atom. The van der Waals surface area contributed by atoms with Crippen molar-refractivity contribution in [1.29, 1.82) is 0 Å². The van der Waals surface area contributed by atoms with Gasteiger partial charge in [0, 0.05) is 18.2 Å². The summed E-state index contributed by atoms with van der Waals surface area (Å²) in [5.74, 6) is 0.984. The summed E-state index contributed by atoms with van der Waals surface area (Å²) >= 11 is 0. The Hall–Kier alpha value is -2.37. The molecule has 3 aliphatic rings. The van der Waals surface area contributed by atoms with Gasteiger partial charge in [0.2, 0.25) is 0 Å². The van der Waals surface area contributed by atoms with Crippen LogP contribution >= 0.6 is 0 Å². The van der Waals surface area contributed by atoms with Crippen molar-refractivity contribution in [1.82, 2.24) is 14.7 Å². The Morgan fingerprint density at radius 3 is 2.75 bits per heavy atom. The number of nitrogens with one attached hydrogen (secondary N) is 1. The van der Waals surface area contributed by atoms with Crippen molar-refractivity contribution in [2.75, 3.05) is 0 Å². The molecule has 24 heavy (non-hydrogen) atoms. The zero-order valence-corrected chi connectivity index (χ0v) is 13.2. The van der Waals surface area contributed by atoms with Crippen LogP contribution in [0.25, 0.3) is 5.52 Å². The standard InChI is InChI=1S/C18H19N3O3/c22-17(19-13-8-11(13)10-7-12(10)18(23)24)15-14-3-1-2-6-21(14)16(20-15)9-4-5-9/h1-3,6,9-13H,4-5,7-8H2,(H,19,22)(H,23,24)/t10-,11+,12-,13+/m1/s1. The first-order valence-corrected chi connectivity index (χ1v) is 8.64. The van der Waals surface area contributed by atoms with Gasteiger partial charge in [0.25, 0.3) is 5.91 Å². The fourth-order valence-corrected chi connectivity index (χ4v) is 3.92. The number of aliphatic carboxylic acids is 1. The fraction of sp³-hybridized carbons (Fsp3) is 0.500. The Kier molecular flexibility index (Phi) is 2.81. The van der Waals surface area contributed by atoms with Crippen molar-refractivity contribution in [2.45, 2.75) is 37.6 Å². The molecular formula is C18H19N3O3. The van der Waals surface area contributed by atoms with E-state index in [4.69, 9.17) is 5.11 Å². The summed E-state index contributed by atoms with van der Waals surface area (Å²) in [6.07, 6.45) is 5.89. The van der Waals surface area contributed by atoms with Crippen LogP contribution in [-0.2, 0) is 4.79 Å². The van der Waals surface area contributed by atoms with E-state index in [0.29, 0.717) is 17.5 Å². The van der Waals surface area contributed by atoms with Crippen LogP contribution in [0.3, 0.4) is 0 Å². The molecule has 124 valence electrons. The molecule has 0 aliphatic heterocycles. The van der Waals surface area contributed by atoms with Crippen LogP contribution < -0.4 is 5.32 Å². The number of nitrogens with zero attached hydrogens (tertiary/aromatic N) is 2. The zero-order valence-electron chi connectivity index (χ0n) is 13.2. The lowest BCUT2D eigenvalue weighted by atomic mass is 10.2. The first-order valence-electron chi connectivity index (χ1n) is 8.64. The van der Waals surface area contributed by atoms with Gasteiger partial charge in [0.1, 0.15) is 5.82 Å². The SMILES string of the molecule is O=C(N[C@H]1C[C@H]1[C@H]1C[C@H]1C(=O)O)c1nc(C2CC2)n2ccccc12. The topological polar surface area (TPSA) is 83.7 Å². The smallest absolute Gasteiger partial charge is 0.306 e. The lowest BCUT2D eigenvalue weighted by Crippen LogP contribution is -2.27. The van der Waals surface area contributed by atoms with Crippen molar-refractivity contribution < 1.29 is 14.7 Å². The molecule has 1 amide bonds. The van der Waals surface area contributed by atoms with E-state index in [9.17, 15) is 9.59 Å². The van der Waals surface area contributed by atoms with Gasteiger partial charge in [0.05, 0.1) is 11.4 Å².